The van der Waals surface area contributed by atoms with Crippen molar-refractivity contribution in [2.75, 3.05) is 0 Å². The van der Waals surface area contributed by atoms with Crippen LogP contribution in [0.3, 0.4) is 0 Å². The van der Waals surface area contributed by atoms with Crippen molar-refractivity contribution in [1.29, 1.82) is 0 Å². The van der Waals surface area contributed by atoms with Crippen molar-refractivity contribution >= 4 is 24.0 Å². The fourth-order valence-electron chi connectivity index (χ4n) is 1.02. The quantitative estimate of drug-likeness (QED) is 0.714. The maximum atomic E-state index is 12.8. The van der Waals surface area contributed by atoms with E-state index in [1.165, 1.54) is 23.5 Å². The average molecular weight is 211 g/mol. The zero-order chi connectivity index (χ0) is 9.26. The van der Waals surface area contributed by atoms with E-state index >= 15 is 0 Å². The van der Waals surface area contributed by atoms with E-state index in [0.29, 0.717) is 5.03 Å². The highest BCUT2D eigenvalue weighted by Crippen LogP contribution is 2.25. The van der Waals surface area contributed by atoms with E-state index in [1.807, 2.05) is 11.4 Å². The Morgan fingerprint density at radius 3 is 2.85 bits per heavy atom. The van der Waals surface area contributed by atoms with Crippen LogP contribution in [-0.4, -0.2) is 4.98 Å². The van der Waals surface area contributed by atoms with Gasteiger partial charge in [-0.1, -0.05) is 12.1 Å². The molecule has 0 saturated heterocycles. The monoisotopic (exact) mass is 211 g/mol. The van der Waals surface area contributed by atoms with E-state index in [4.69, 9.17) is 0 Å². The van der Waals surface area contributed by atoms with Gasteiger partial charge in [-0.05, 0) is 12.1 Å². The number of hydrogen-bond donors (Lipinski definition) is 1. The Balaban J connectivity index is 2.46. The van der Waals surface area contributed by atoms with Crippen LogP contribution in [0.15, 0.2) is 34.7 Å². The van der Waals surface area contributed by atoms with Crippen molar-refractivity contribution in [3.05, 3.63) is 35.5 Å². The third-order valence-corrected chi connectivity index (χ3v) is 2.86. The molecule has 0 aliphatic rings. The molecule has 2 rings (SSSR count). The van der Waals surface area contributed by atoms with Gasteiger partial charge in [-0.25, -0.2) is 9.37 Å². The third-order valence-electron chi connectivity index (χ3n) is 1.56. The molecular weight excluding hydrogens is 205 g/mol. The lowest BCUT2D eigenvalue weighted by atomic mass is 10.2. The van der Waals surface area contributed by atoms with Crippen LogP contribution in [0.5, 0.6) is 0 Å². The largest absolute Gasteiger partial charge is 0.230 e. The lowest BCUT2D eigenvalue weighted by Gasteiger charge is -1.94. The smallest absolute Gasteiger partial charge is 0.124 e. The molecule has 0 bridgehead atoms. The van der Waals surface area contributed by atoms with Gasteiger partial charge in [0.05, 0.1) is 0 Å². The number of aromatic nitrogens is 1. The van der Waals surface area contributed by atoms with Crippen LogP contribution in [0.4, 0.5) is 4.39 Å². The van der Waals surface area contributed by atoms with E-state index in [-0.39, 0.29) is 5.82 Å². The maximum Gasteiger partial charge on any atom is 0.124 e. The SMILES string of the molecule is Fc1cccc(-c2nc(S)cs2)c1. The first-order valence-electron chi connectivity index (χ1n) is 3.66. The number of hydrogen-bond acceptors (Lipinski definition) is 3. The van der Waals surface area contributed by atoms with Crippen LogP contribution < -0.4 is 0 Å². The minimum atomic E-state index is -0.242. The molecule has 1 nitrogen and oxygen atoms in total. The summed E-state index contributed by atoms with van der Waals surface area (Å²) in [6, 6.07) is 6.38. The van der Waals surface area contributed by atoms with Gasteiger partial charge in [0.25, 0.3) is 0 Å². The Morgan fingerprint density at radius 1 is 1.38 bits per heavy atom. The zero-order valence-electron chi connectivity index (χ0n) is 6.57. The fourth-order valence-corrected chi connectivity index (χ4v) is 2.03. The summed E-state index contributed by atoms with van der Waals surface area (Å²) >= 11 is 5.54. The number of thiazole rings is 1. The molecule has 0 aliphatic carbocycles. The van der Waals surface area contributed by atoms with Gasteiger partial charge in [0.15, 0.2) is 0 Å². The van der Waals surface area contributed by atoms with Crippen molar-refractivity contribution in [2.24, 2.45) is 0 Å². The third kappa shape index (κ3) is 1.89. The lowest BCUT2D eigenvalue weighted by Crippen LogP contribution is -1.77. The van der Waals surface area contributed by atoms with Crippen LogP contribution >= 0.6 is 24.0 Å². The van der Waals surface area contributed by atoms with Crippen molar-refractivity contribution in [1.82, 2.24) is 4.98 Å². The van der Waals surface area contributed by atoms with E-state index in [2.05, 4.69) is 17.6 Å². The van der Waals surface area contributed by atoms with E-state index in [9.17, 15) is 4.39 Å². The minimum absolute atomic E-state index is 0.242. The molecule has 0 amide bonds. The van der Waals surface area contributed by atoms with Crippen molar-refractivity contribution in [2.45, 2.75) is 5.03 Å². The van der Waals surface area contributed by atoms with Crippen LogP contribution in [0, 0.1) is 5.82 Å². The van der Waals surface area contributed by atoms with Crippen LogP contribution in [0.25, 0.3) is 10.6 Å². The average Bonchev–Trinajstić information content (AvgIpc) is 2.52. The lowest BCUT2D eigenvalue weighted by molar-refractivity contribution is 0.628. The fraction of sp³-hybridized carbons (Fsp3) is 0. The van der Waals surface area contributed by atoms with Crippen molar-refractivity contribution in [3.63, 3.8) is 0 Å². The molecule has 13 heavy (non-hydrogen) atoms. The highest BCUT2D eigenvalue weighted by Gasteiger charge is 2.02. The molecule has 1 heterocycles. The number of rotatable bonds is 1. The molecule has 4 heteroatoms. The van der Waals surface area contributed by atoms with Crippen molar-refractivity contribution < 1.29 is 4.39 Å². The maximum absolute atomic E-state index is 12.8. The topological polar surface area (TPSA) is 12.9 Å². The summed E-state index contributed by atoms with van der Waals surface area (Å²) in [5.41, 5.74) is 0.797. The van der Waals surface area contributed by atoms with Gasteiger partial charge >= 0.3 is 0 Å². The molecular formula is C9H6FNS2. The molecule has 2 aromatic rings. The van der Waals surface area contributed by atoms with E-state index < -0.39 is 0 Å². The predicted molar refractivity (Wildman–Crippen MR) is 54.8 cm³/mol. The van der Waals surface area contributed by atoms with Crippen molar-refractivity contribution in [3.8, 4) is 10.6 Å². The molecule has 0 unspecified atom stereocenters. The van der Waals surface area contributed by atoms with Gasteiger partial charge < -0.3 is 0 Å². The van der Waals surface area contributed by atoms with Crippen LogP contribution in [0.1, 0.15) is 0 Å². The van der Waals surface area contributed by atoms with E-state index in [0.717, 1.165) is 10.6 Å². The summed E-state index contributed by atoms with van der Waals surface area (Å²) in [6.45, 7) is 0. The zero-order valence-corrected chi connectivity index (χ0v) is 8.28. The highest BCUT2D eigenvalue weighted by molar-refractivity contribution is 7.80. The summed E-state index contributed by atoms with van der Waals surface area (Å²) < 4.78 is 12.8. The van der Waals surface area contributed by atoms with Gasteiger partial charge in [-0.3, -0.25) is 0 Å². The molecule has 0 atom stereocenters. The van der Waals surface area contributed by atoms with Gasteiger partial charge in [0.2, 0.25) is 0 Å². The number of nitrogens with zero attached hydrogens (tertiary/aromatic N) is 1. The second-order valence-electron chi connectivity index (χ2n) is 2.52. The first-order chi connectivity index (χ1) is 6.25. The second kappa shape index (κ2) is 3.47. The Labute approximate surface area is 84.7 Å². The summed E-state index contributed by atoms with van der Waals surface area (Å²) in [6.07, 6.45) is 0. The first kappa shape index (κ1) is 8.72. The molecule has 66 valence electrons. The molecule has 0 spiro atoms. The van der Waals surface area contributed by atoms with Crippen LogP contribution in [-0.2, 0) is 0 Å². The van der Waals surface area contributed by atoms with E-state index in [1.54, 1.807) is 6.07 Å². The summed E-state index contributed by atoms with van der Waals surface area (Å²) in [4.78, 5) is 4.14. The molecule has 1 aromatic heterocycles. The normalized spacial score (nSPS) is 10.3. The minimum Gasteiger partial charge on any atom is -0.230 e. The Bertz CT molecular complexity index is 425. The molecule has 1 aromatic carbocycles. The van der Waals surface area contributed by atoms with Gasteiger partial charge in [0.1, 0.15) is 15.9 Å². The first-order valence-corrected chi connectivity index (χ1v) is 4.99. The Hall–Kier alpha value is -0.870. The second-order valence-corrected chi connectivity index (χ2v) is 3.84. The summed E-state index contributed by atoms with van der Waals surface area (Å²) in [7, 11) is 0. The Morgan fingerprint density at radius 2 is 2.23 bits per heavy atom. The highest BCUT2D eigenvalue weighted by atomic mass is 32.1. The van der Waals surface area contributed by atoms with Gasteiger partial charge in [-0.2, -0.15) is 0 Å². The number of benzene rings is 1. The summed E-state index contributed by atoms with van der Waals surface area (Å²) in [5.74, 6) is -0.242. The Kier molecular flexibility index (Phi) is 2.33. The predicted octanol–water partition coefficient (Wildman–Crippen LogP) is 3.24. The molecule has 0 saturated carbocycles. The molecule has 0 N–H and O–H groups in total. The van der Waals surface area contributed by atoms with Gasteiger partial charge in [0, 0.05) is 10.9 Å². The summed E-state index contributed by atoms with van der Waals surface area (Å²) in [5, 5.41) is 3.29. The number of halogens is 1. The molecule has 0 fully saturated rings. The number of thiol groups is 1. The van der Waals surface area contributed by atoms with Crippen LogP contribution in [0.2, 0.25) is 0 Å². The standard InChI is InChI=1S/C9H6FNS2/c10-7-3-1-2-6(4-7)9-11-8(12)5-13-9/h1-5,12H. The molecule has 0 radical (unpaired) electrons. The van der Waals surface area contributed by atoms with Gasteiger partial charge in [-0.15, -0.1) is 24.0 Å². The molecule has 0 aliphatic heterocycles.